The van der Waals surface area contributed by atoms with Crippen molar-refractivity contribution in [1.29, 1.82) is 0 Å². The molecule has 0 saturated carbocycles. The Labute approximate surface area is 142 Å². The van der Waals surface area contributed by atoms with E-state index in [-0.39, 0.29) is 5.75 Å². The summed E-state index contributed by atoms with van der Waals surface area (Å²) in [6.45, 7) is 3.13. The molecule has 1 atom stereocenters. The molecule has 0 spiro atoms. The standard InChI is InChI=1S/C19H22ClNO2/c1-21(9-7-14-3-5-17(20)6-4-14)10-8-15-12-19(23-2)18(22)11-16(15)13-21/h3-6,11-12H,7-10,13H2,1-2H3/p+1. The van der Waals surface area contributed by atoms with E-state index in [1.165, 1.54) is 16.7 Å². The van der Waals surface area contributed by atoms with E-state index in [0.29, 0.717) is 5.75 Å². The fourth-order valence-electron chi connectivity index (χ4n) is 3.32. The van der Waals surface area contributed by atoms with E-state index in [9.17, 15) is 5.11 Å². The zero-order valence-electron chi connectivity index (χ0n) is 13.7. The van der Waals surface area contributed by atoms with E-state index < -0.39 is 0 Å². The Morgan fingerprint density at radius 2 is 1.91 bits per heavy atom. The Balaban J connectivity index is 1.72. The number of methoxy groups -OCH3 is 1. The Hall–Kier alpha value is -1.71. The van der Waals surface area contributed by atoms with Crippen molar-refractivity contribution in [2.24, 2.45) is 0 Å². The molecule has 0 radical (unpaired) electrons. The highest BCUT2D eigenvalue weighted by Gasteiger charge is 2.29. The van der Waals surface area contributed by atoms with Crippen LogP contribution in [0.15, 0.2) is 36.4 Å². The SMILES string of the molecule is COc1cc2c(cc1O)C[N+](C)(CCc1ccc(Cl)cc1)CC2. The van der Waals surface area contributed by atoms with Crippen molar-refractivity contribution in [3.05, 3.63) is 58.1 Å². The van der Waals surface area contributed by atoms with Gasteiger partial charge in [-0.05, 0) is 35.4 Å². The predicted octanol–water partition coefficient (Wildman–Crippen LogP) is 3.80. The smallest absolute Gasteiger partial charge is 0.160 e. The Morgan fingerprint density at radius 1 is 1.17 bits per heavy atom. The molecule has 0 bridgehead atoms. The quantitative estimate of drug-likeness (QED) is 0.863. The van der Waals surface area contributed by atoms with Crippen molar-refractivity contribution >= 4 is 11.6 Å². The second-order valence-corrected chi connectivity index (χ2v) is 7.08. The third kappa shape index (κ3) is 3.62. The second kappa shape index (κ2) is 6.42. The molecule has 4 heteroatoms. The molecule has 1 aliphatic heterocycles. The highest BCUT2D eigenvalue weighted by molar-refractivity contribution is 6.30. The number of likely N-dealkylation sites (N-methyl/N-ethyl adjacent to an activating group) is 1. The summed E-state index contributed by atoms with van der Waals surface area (Å²) >= 11 is 5.95. The minimum atomic E-state index is 0.234. The van der Waals surface area contributed by atoms with Crippen molar-refractivity contribution in [3.8, 4) is 11.5 Å². The summed E-state index contributed by atoms with van der Waals surface area (Å²) in [6.07, 6.45) is 2.05. The molecular formula is C19H23ClNO2+. The zero-order chi connectivity index (χ0) is 16.4. The van der Waals surface area contributed by atoms with Crippen molar-refractivity contribution in [2.75, 3.05) is 27.2 Å². The molecule has 1 unspecified atom stereocenters. The summed E-state index contributed by atoms with van der Waals surface area (Å²) in [5.41, 5.74) is 3.84. The van der Waals surface area contributed by atoms with Crippen LogP contribution >= 0.6 is 11.6 Å². The number of aromatic hydroxyl groups is 1. The maximum absolute atomic E-state index is 10.0. The van der Waals surface area contributed by atoms with E-state index >= 15 is 0 Å². The summed E-state index contributed by atoms with van der Waals surface area (Å²) in [5, 5.41) is 10.8. The molecule has 2 aromatic rings. The summed E-state index contributed by atoms with van der Waals surface area (Å²) in [5.74, 6) is 0.804. The lowest BCUT2D eigenvalue weighted by atomic mass is 9.96. The molecule has 1 aliphatic rings. The summed E-state index contributed by atoms with van der Waals surface area (Å²) < 4.78 is 6.20. The number of phenols is 1. The maximum atomic E-state index is 10.0. The van der Waals surface area contributed by atoms with E-state index in [4.69, 9.17) is 16.3 Å². The lowest BCUT2D eigenvalue weighted by Crippen LogP contribution is -2.48. The number of rotatable bonds is 4. The van der Waals surface area contributed by atoms with Gasteiger partial charge in [-0.25, -0.2) is 0 Å². The minimum Gasteiger partial charge on any atom is -0.504 e. The van der Waals surface area contributed by atoms with E-state index in [2.05, 4.69) is 19.2 Å². The topological polar surface area (TPSA) is 29.5 Å². The number of ether oxygens (including phenoxy) is 1. The molecule has 3 rings (SSSR count). The van der Waals surface area contributed by atoms with Gasteiger partial charge in [0, 0.05) is 23.4 Å². The van der Waals surface area contributed by atoms with Crippen LogP contribution in [0, 0.1) is 0 Å². The zero-order valence-corrected chi connectivity index (χ0v) is 14.4. The van der Waals surface area contributed by atoms with Gasteiger partial charge in [-0.3, -0.25) is 0 Å². The first kappa shape index (κ1) is 16.2. The first-order valence-electron chi connectivity index (χ1n) is 7.96. The molecule has 3 nitrogen and oxygen atoms in total. The van der Waals surface area contributed by atoms with Crippen LogP contribution < -0.4 is 4.74 Å². The van der Waals surface area contributed by atoms with Gasteiger partial charge in [-0.1, -0.05) is 23.7 Å². The third-order valence-corrected chi connectivity index (χ3v) is 5.08. The van der Waals surface area contributed by atoms with Gasteiger partial charge in [0.1, 0.15) is 6.54 Å². The molecule has 23 heavy (non-hydrogen) atoms. The van der Waals surface area contributed by atoms with Gasteiger partial charge < -0.3 is 14.3 Å². The fourth-order valence-corrected chi connectivity index (χ4v) is 3.44. The molecule has 2 aromatic carbocycles. The largest absolute Gasteiger partial charge is 0.504 e. The van der Waals surface area contributed by atoms with Gasteiger partial charge >= 0.3 is 0 Å². The first-order valence-corrected chi connectivity index (χ1v) is 8.34. The number of halogens is 1. The van der Waals surface area contributed by atoms with Crippen LogP contribution in [0.5, 0.6) is 11.5 Å². The van der Waals surface area contributed by atoms with Gasteiger partial charge in [-0.15, -0.1) is 0 Å². The van der Waals surface area contributed by atoms with Crippen molar-refractivity contribution in [3.63, 3.8) is 0 Å². The Kier molecular flexibility index (Phi) is 4.51. The number of fused-ring (bicyclic) bond motifs is 1. The van der Waals surface area contributed by atoms with Gasteiger partial charge in [0.25, 0.3) is 0 Å². The molecule has 1 N–H and O–H groups in total. The molecule has 0 aliphatic carbocycles. The monoisotopic (exact) mass is 332 g/mol. The lowest BCUT2D eigenvalue weighted by molar-refractivity contribution is -0.924. The van der Waals surface area contributed by atoms with Crippen LogP contribution in [0.3, 0.4) is 0 Å². The van der Waals surface area contributed by atoms with Crippen LogP contribution in [0.25, 0.3) is 0 Å². The van der Waals surface area contributed by atoms with Gasteiger partial charge in [0.05, 0.1) is 27.2 Å². The number of phenolic OH excluding ortho intramolecular Hbond substituents is 1. The second-order valence-electron chi connectivity index (χ2n) is 6.64. The predicted molar refractivity (Wildman–Crippen MR) is 93.1 cm³/mol. The molecule has 0 aromatic heterocycles. The number of benzene rings is 2. The van der Waals surface area contributed by atoms with Crippen molar-refractivity contribution < 1.29 is 14.3 Å². The molecule has 1 heterocycles. The molecule has 0 saturated heterocycles. The van der Waals surface area contributed by atoms with Gasteiger partial charge in [0.2, 0.25) is 0 Å². The highest BCUT2D eigenvalue weighted by Crippen LogP contribution is 2.34. The molecule has 0 fully saturated rings. The maximum Gasteiger partial charge on any atom is 0.160 e. The average Bonchev–Trinajstić information content (AvgIpc) is 2.54. The minimum absolute atomic E-state index is 0.234. The van der Waals surface area contributed by atoms with E-state index in [1.54, 1.807) is 7.11 Å². The third-order valence-electron chi connectivity index (χ3n) is 4.83. The highest BCUT2D eigenvalue weighted by atomic mass is 35.5. The Bertz CT molecular complexity index is 699. The van der Waals surface area contributed by atoms with Crippen molar-refractivity contribution in [1.82, 2.24) is 0 Å². The normalized spacial score (nSPS) is 20.1. The number of hydrogen-bond donors (Lipinski definition) is 1. The average molecular weight is 333 g/mol. The van der Waals surface area contributed by atoms with Crippen molar-refractivity contribution in [2.45, 2.75) is 19.4 Å². The first-order chi connectivity index (χ1) is 11.0. The molecular weight excluding hydrogens is 310 g/mol. The number of quaternary nitrogens is 1. The summed E-state index contributed by atoms with van der Waals surface area (Å²) in [4.78, 5) is 0. The number of nitrogens with zero attached hydrogens (tertiary/aromatic N) is 1. The fraction of sp³-hybridized carbons (Fsp3) is 0.368. The van der Waals surface area contributed by atoms with E-state index in [1.807, 2.05) is 24.3 Å². The van der Waals surface area contributed by atoms with Crippen LogP contribution in [0.4, 0.5) is 0 Å². The van der Waals surface area contributed by atoms with Crippen LogP contribution in [-0.4, -0.2) is 36.8 Å². The Morgan fingerprint density at radius 3 is 2.61 bits per heavy atom. The summed E-state index contributed by atoms with van der Waals surface area (Å²) in [6, 6.07) is 11.9. The van der Waals surface area contributed by atoms with Crippen LogP contribution in [0.1, 0.15) is 16.7 Å². The van der Waals surface area contributed by atoms with Crippen LogP contribution in [-0.2, 0) is 19.4 Å². The summed E-state index contributed by atoms with van der Waals surface area (Å²) in [7, 11) is 3.89. The van der Waals surface area contributed by atoms with E-state index in [0.717, 1.165) is 42.0 Å². The van der Waals surface area contributed by atoms with Gasteiger partial charge in [0.15, 0.2) is 11.5 Å². The lowest BCUT2D eigenvalue weighted by Gasteiger charge is -2.39. The molecule has 0 amide bonds. The van der Waals surface area contributed by atoms with Gasteiger partial charge in [-0.2, -0.15) is 0 Å². The van der Waals surface area contributed by atoms with Crippen LogP contribution in [0.2, 0.25) is 5.02 Å². The molecule has 122 valence electrons. The number of hydrogen-bond acceptors (Lipinski definition) is 2.